The van der Waals surface area contributed by atoms with Crippen molar-refractivity contribution in [2.24, 2.45) is 0 Å². The lowest BCUT2D eigenvalue weighted by Gasteiger charge is -2.31. The molecule has 1 aromatic heterocycles. The van der Waals surface area contributed by atoms with Gasteiger partial charge in [0.1, 0.15) is 0 Å². The zero-order valence-corrected chi connectivity index (χ0v) is 13.5. The fourth-order valence-corrected chi connectivity index (χ4v) is 2.59. The van der Waals surface area contributed by atoms with Crippen LogP contribution in [-0.4, -0.2) is 15.5 Å². The molecule has 1 heterocycles. The van der Waals surface area contributed by atoms with Crippen molar-refractivity contribution in [3.05, 3.63) is 18.5 Å². The maximum atomic E-state index is 4.31. The fourth-order valence-electron chi connectivity index (χ4n) is 2.59. The molecule has 0 aliphatic rings. The van der Waals surface area contributed by atoms with Crippen molar-refractivity contribution in [3.63, 3.8) is 0 Å². The Morgan fingerprint density at radius 1 is 0.900 bits per heavy atom. The van der Waals surface area contributed by atoms with Crippen LogP contribution in [0.3, 0.4) is 0 Å². The van der Waals surface area contributed by atoms with Crippen LogP contribution in [0.5, 0.6) is 0 Å². The average Bonchev–Trinajstić information content (AvgIpc) is 2.45. The van der Waals surface area contributed by atoms with Crippen molar-refractivity contribution in [2.75, 3.05) is 5.32 Å². The van der Waals surface area contributed by atoms with Gasteiger partial charge in [0.15, 0.2) is 0 Å². The Labute approximate surface area is 124 Å². The minimum Gasteiger partial charge on any atom is -0.349 e. The summed E-state index contributed by atoms with van der Waals surface area (Å²) in [5.41, 5.74) is 0.129. The van der Waals surface area contributed by atoms with Gasteiger partial charge in [-0.05, 0) is 25.8 Å². The summed E-state index contributed by atoms with van der Waals surface area (Å²) in [6.45, 7) is 6.84. The molecule has 3 nitrogen and oxygen atoms in total. The first-order valence-electron chi connectivity index (χ1n) is 8.25. The molecule has 0 spiro atoms. The number of aromatic nitrogens is 2. The second kappa shape index (κ2) is 9.73. The first-order valence-corrected chi connectivity index (χ1v) is 8.25. The third kappa shape index (κ3) is 6.88. The van der Waals surface area contributed by atoms with Crippen LogP contribution in [0.4, 0.5) is 5.95 Å². The first kappa shape index (κ1) is 16.9. The van der Waals surface area contributed by atoms with Crippen LogP contribution in [0.2, 0.25) is 0 Å². The number of rotatable bonds is 11. The quantitative estimate of drug-likeness (QED) is 0.565. The van der Waals surface area contributed by atoms with Crippen molar-refractivity contribution in [1.82, 2.24) is 9.97 Å². The van der Waals surface area contributed by atoms with Crippen LogP contribution in [-0.2, 0) is 0 Å². The van der Waals surface area contributed by atoms with E-state index in [2.05, 4.69) is 36.1 Å². The van der Waals surface area contributed by atoms with Crippen molar-refractivity contribution in [3.8, 4) is 0 Å². The molecule has 1 unspecified atom stereocenters. The van der Waals surface area contributed by atoms with E-state index >= 15 is 0 Å². The molecule has 0 saturated heterocycles. The molecule has 114 valence electrons. The summed E-state index contributed by atoms with van der Waals surface area (Å²) in [6, 6.07) is 1.86. The van der Waals surface area contributed by atoms with E-state index in [1.54, 1.807) is 12.4 Å². The monoisotopic (exact) mass is 277 g/mol. The van der Waals surface area contributed by atoms with E-state index in [-0.39, 0.29) is 5.54 Å². The van der Waals surface area contributed by atoms with Gasteiger partial charge < -0.3 is 5.32 Å². The Morgan fingerprint density at radius 3 is 2.05 bits per heavy atom. The molecule has 0 fully saturated rings. The molecular weight excluding hydrogens is 246 g/mol. The molecule has 0 aliphatic carbocycles. The van der Waals surface area contributed by atoms with Crippen LogP contribution in [0, 0.1) is 0 Å². The molecule has 1 atom stereocenters. The Morgan fingerprint density at radius 2 is 1.45 bits per heavy atom. The lowest BCUT2D eigenvalue weighted by molar-refractivity contribution is 0.395. The summed E-state index contributed by atoms with van der Waals surface area (Å²) < 4.78 is 0. The molecule has 1 N–H and O–H groups in total. The summed E-state index contributed by atoms with van der Waals surface area (Å²) in [7, 11) is 0. The average molecular weight is 277 g/mol. The van der Waals surface area contributed by atoms with Crippen LogP contribution in [0.1, 0.15) is 78.6 Å². The van der Waals surface area contributed by atoms with Crippen LogP contribution in [0.15, 0.2) is 18.5 Å². The molecule has 0 bridgehead atoms. The van der Waals surface area contributed by atoms with E-state index in [1.807, 2.05) is 6.07 Å². The van der Waals surface area contributed by atoms with Gasteiger partial charge in [-0.25, -0.2) is 9.97 Å². The van der Waals surface area contributed by atoms with E-state index < -0.39 is 0 Å². The molecule has 0 aliphatic heterocycles. The number of unbranched alkanes of at least 4 members (excludes halogenated alkanes) is 5. The molecule has 0 aromatic carbocycles. The minimum atomic E-state index is 0.129. The molecule has 1 rings (SSSR count). The Balaban J connectivity index is 2.52. The fraction of sp³-hybridized carbons (Fsp3) is 0.765. The van der Waals surface area contributed by atoms with Gasteiger partial charge in [0.05, 0.1) is 0 Å². The van der Waals surface area contributed by atoms with Gasteiger partial charge in [0, 0.05) is 17.9 Å². The highest BCUT2D eigenvalue weighted by Crippen LogP contribution is 2.25. The predicted octanol–water partition coefficient (Wildman–Crippen LogP) is 5.20. The van der Waals surface area contributed by atoms with Gasteiger partial charge in [-0.15, -0.1) is 0 Å². The van der Waals surface area contributed by atoms with Crippen molar-refractivity contribution in [2.45, 2.75) is 84.1 Å². The van der Waals surface area contributed by atoms with Crippen LogP contribution >= 0.6 is 0 Å². The SMILES string of the molecule is CCCCCCC(C)(CCCCC)Nc1ncccn1. The first-order chi connectivity index (χ1) is 9.70. The highest BCUT2D eigenvalue weighted by Gasteiger charge is 2.23. The van der Waals surface area contributed by atoms with Crippen molar-refractivity contribution in [1.29, 1.82) is 0 Å². The molecule has 0 radical (unpaired) electrons. The van der Waals surface area contributed by atoms with Gasteiger partial charge in [-0.1, -0.05) is 58.8 Å². The predicted molar refractivity (Wildman–Crippen MR) is 87.0 cm³/mol. The third-order valence-corrected chi connectivity index (χ3v) is 3.89. The van der Waals surface area contributed by atoms with Gasteiger partial charge in [-0.3, -0.25) is 0 Å². The summed E-state index contributed by atoms with van der Waals surface area (Å²) in [5, 5.41) is 3.57. The highest BCUT2D eigenvalue weighted by molar-refractivity contribution is 5.27. The van der Waals surface area contributed by atoms with Gasteiger partial charge in [0.25, 0.3) is 0 Å². The molecule has 1 aromatic rings. The van der Waals surface area contributed by atoms with E-state index in [1.165, 1.54) is 57.8 Å². The topological polar surface area (TPSA) is 37.8 Å². The molecule has 0 saturated carbocycles. The largest absolute Gasteiger partial charge is 0.349 e. The van der Waals surface area contributed by atoms with E-state index in [9.17, 15) is 0 Å². The van der Waals surface area contributed by atoms with Gasteiger partial charge in [0.2, 0.25) is 5.95 Å². The van der Waals surface area contributed by atoms with E-state index in [0.717, 1.165) is 5.95 Å². The molecular formula is C17H31N3. The lowest BCUT2D eigenvalue weighted by Crippen LogP contribution is -2.35. The third-order valence-electron chi connectivity index (χ3n) is 3.89. The number of hydrogen-bond acceptors (Lipinski definition) is 3. The van der Waals surface area contributed by atoms with Crippen molar-refractivity contribution >= 4 is 5.95 Å². The maximum absolute atomic E-state index is 4.31. The van der Waals surface area contributed by atoms with Gasteiger partial charge >= 0.3 is 0 Å². The van der Waals surface area contributed by atoms with Crippen LogP contribution in [0.25, 0.3) is 0 Å². The number of anilines is 1. The Kier molecular flexibility index (Phi) is 8.24. The summed E-state index contributed by atoms with van der Waals surface area (Å²) >= 11 is 0. The van der Waals surface area contributed by atoms with Crippen molar-refractivity contribution < 1.29 is 0 Å². The van der Waals surface area contributed by atoms with E-state index in [0.29, 0.717) is 0 Å². The zero-order chi connectivity index (χ0) is 14.7. The molecule has 3 heteroatoms. The normalized spacial score (nSPS) is 13.9. The standard InChI is InChI=1S/C17H31N3/c1-4-6-8-10-13-17(3,12-9-7-5-2)20-16-18-14-11-15-19-16/h11,14-15H,4-10,12-13H2,1-3H3,(H,18,19,20). The lowest BCUT2D eigenvalue weighted by atomic mass is 9.88. The van der Waals surface area contributed by atoms with E-state index in [4.69, 9.17) is 0 Å². The Hall–Kier alpha value is -1.12. The highest BCUT2D eigenvalue weighted by atomic mass is 15.1. The van der Waals surface area contributed by atoms with Crippen LogP contribution < -0.4 is 5.32 Å². The molecule has 0 amide bonds. The summed E-state index contributed by atoms with van der Waals surface area (Å²) in [5.74, 6) is 0.766. The Bertz CT molecular complexity index is 339. The second-order valence-electron chi connectivity index (χ2n) is 6.03. The van der Waals surface area contributed by atoms with Gasteiger partial charge in [-0.2, -0.15) is 0 Å². The number of nitrogens with zero attached hydrogens (tertiary/aromatic N) is 2. The minimum absolute atomic E-state index is 0.129. The zero-order valence-electron chi connectivity index (χ0n) is 13.5. The molecule has 20 heavy (non-hydrogen) atoms. The summed E-state index contributed by atoms with van der Waals surface area (Å²) in [6.07, 6.45) is 15.1. The summed E-state index contributed by atoms with van der Waals surface area (Å²) in [4.78, 5) is 8.63. The maximum Gasteiger partial charge on any atom is 0.222 e. The number of nitrogens with one attached hydrogen (secondary N) is 1. The second-order valence-corrected chi connectivity index (χ2v) is 6.03. The smallest absolute Gasteiger partial charge is 0.222 e. The number of hydrogen-bond donors (Lipinski definition) is 1.